The van der Waals surface area contributed by atoms with Gasteiger partial charge in [-0.05, 0) is 45.1 Å². The summed E-state index contributed by atoms with van der Waals surface area (Å²) in [5.41, 5.74) is 5.01. The quantitative estimate of drug-likeness (QED) is 0.490. The number of nitrogens with zero attached hydrogens (tertiary/aromatic N) is 4. The van der Waals surface area contributed by atoms with Gasteiger partial charge >= 0.3 is 0 Å². The summed E-state index contributed by atoms with van der Waals surface area (Å²) in [7, 11) is 5.65. The van der Waals surface area contributed by atoms with Crippen molar-refractivity contribution in [1.29, 1.82) is 0 Å². The van der Waals surface area contributed by atoms with Crippen LogP contribution in [-0.4, -0.2) is 58.6 Å². The largest absolute Gasteiger partial charge is 0.496 e. The van der Waals surface area contributed by atoms with Crippen molar-refractivity contribution >= 4 is 17.1 Å². The maximum atomic E-state index is 13.1. The summed E-state index contributed by atoms with van der Waals surface area (Å²) in [6.07, 6.45) is 1.89. The maximum absolute atomic E-state index is 13.1. The molecule has 0 radical (unpaired) electrons. The van der Waals surface area contributed by atoms with Gasteiger partial charge in [-0.3, -0.25) is 4.79 Å². The highest BCUT2D eigenvalue weighted by Crippen LogP contribution is 2.38. The third-order valence-electron chi connectivity index (χ3n) is 6.58. The average molecular weight is 456 g/mol. The van der Waals surface area contributed by atoms with Crippen molar-refractivity contribution in [2.45, 2.75) is 18.9 Å². The van der Waals surface area contributed by atoms with Crippen molar-refractivity contribution in [3.63, 3.8) is 0 Å². The topological polar surface area (TPSA) is 72.3 Å². The van der Waals surface area contributed by atoms with E-state index >= 15 is 0 Å². The predicted octanol–water partition coefficient (Wildman–Crippen LogP) is 4.13. The Morgan fingerprint density at radius 1 is 0.971 bits per heavy atom. The Morgan fingerprint density at radius 3 is 2.41 bits per heavy atom. The van der Waals surface area contributed by atoms with Gasteiger partial charge in [0.25, 0.3) is 5.91 Å². The third kappa shape index (κ3) is 4.15. The molecule has 5 rings (SSSR count). The van der Waals surface area contributed by atoms with Crippen LogP contribution in [0.2, 0.25) is 0 Å². The number of benzene rings is 2. The molecule has 7 nitrogen and oxygen atoms in total. The molecule has 1 amide bonds. The lowest BCUT2D eigenvalue weighted by molar-refractivity contribution is 0.0903. The molecule has 1 saturated heterocycles. The summed E-state index contributed by atoms with van der Waals surface area (Å²) < 4.78 is 7.48. The van der Waals surface area contributed by atoms with E-state index in [9.17, 15) is 4.79 Å². The van der Waals surface area contributed by atoms with Crippen LogP contribution >= 0.6 is 0 Å². The number of aryl methyl sites for hydroxylation is 1. The minimum Gasteiger partial charge on any atom is -0.496 e. The Bertz CT molecular complexity index is 1320. The third-order valence-corrected chi connectivity index (χ3v) is 6.58. The number of ether oxygens (including phenoxy) is 1. The Balaban J connectivity index is 1.60. The first-order valence-electron chi connectivity index (χ1n) is 11.6. The number of methoxy groups -OCH3 is 1. The fourth-order valence-corrected chi connectivity index (χ4v) is 4.61. The van der Waals surface area contributed by atoms with E-state index in [4.69, 9.17) is 9.72 Å². The Labute approximate surface area is 199 Å². The molecule has 0 atom stereocenters. The van der Waals surface area contributed by atoms with E-state index in [1.807, 2.05) is 66.2 Å². The number of nitrogens with one attached hydrogen (secondary N) is 1. The van der Waals surface area contributed by atoms with Crippen molar-refractivity contribution in [1.82, 2.24) is 24.8 Å². The van der Waals surface area contributed by atoms with Gasteiger partial charge in [-0.25, -0.2) is 9.97 Å². The molecule has 2 aromatic heterocycles. The molecule has 2 aromatic carbocycles. The lowest BCUT2D eigenvalue weighted by Gasteiger charge is -2.29. The molecule has 1 N–H and O–H groups in total. The number of hydrogen-bond acceptors (Lipinski definition) is 5. The predicted molar refractivity (Wildman–Crippen MR) is 134 cm³/mol. The van der Waals surface area contributed by atoms with Crippen LogP contribution in [0, 0.1) is 0 Å². The first kappa shape index (κ1) is 22.1. The highest BCUT2D eigenvalue weighted by Gasteiger charge is 2.24. The number of amides is 1. The summed E-state index contributed by atoms with van der Waals surface area (Å²) in [6.45, 7) is 1.97. The van der Waals surface area contributed by atoms with Gasteiger partial charge in [0.05, 0.1) is 18.3 Å². The van der Waals surface area contributed by atoms with Gasteiger partial charge in [0.2, 0.25) is 5.82 Å². The fraction of sp³-hybridized carbons (Fsp3) is 0.296. The molecular weight excluding hydrogens is 426 g/mol. The van der Waals surface area contributed by atoms with Crippen LogP contribution in [0.1, 0.15) is 23.5 Å². The molecule has 0 bridgehead atoms. The second-order valence-electron chi connectivity index (χ2n) is 8.84. The van der Waals surface area contributed by atoms with Gasteiger partial charge in [-0.2, -0.15) is 0 Å². The monoisotopic (exact) mass is 455 g/mol. The van der Waals surface area contributed by atoms with Crippen molar-refractivity contribution in [2.75, 3.05) is 27.2 Å². The van der Waals surface area contributed by atoms with Gasteiger partial charge in [-0.15, -0.1) is 0 Å². The zero-order chi connectivity index (χ0) is 23.7. The first-order chi connectivity index (χ1) is 16.5. The minimum absolute atomic E-state index is 0.157. The van der Waals surface area contributed by atoms with E-state index in [1.54, 1.807) is 7.11 Å². The Morgan fingerprint density at radius 2 is 1.68 bits per heavy atom. The fourth-order valence-electron chi connectivity index (χ4n) is 4.61. The summed E-state index contributed by atoms with van der Waals surface area (Å²) in [5, 5.41) is 3.17. The molecule has 1 aliphatic rings. The number of carbonyl (C=O) groups excluding carboxylic acids is 1. The number of pyridine rings is 1. The van der Waals surface area contributed by atoms with Crippen molar-refractivity contribution in [3.05, 3.63) is 66.5 Å². The number of hydrogen-bond donors (Lipinski definition) is 1. The first-order valence-corrected chi connectivity index (χ1v) is 11.6. The zero-order valence-electron chi connectivity index (χ0n) is 19.8. The standard InChI is InChI=1S/C27H29N5O2/c1-31-15-13-19(14-16-31)28-27(33)26-30-25-22(32(26)2)17-21(20-11-7-8-12-23(20)34-3)24(29-25)18-9-5-4-6-10-18/h4-12,17,19H,13-16H2,1-3H3,(H,28,33). The highest BCUT2D eigenvalue weighted by molar-refractivity contribution is 5.97. The van der Waals surface area contributed by atoms with E-state index in [1.165, 1.54) is 0 Å². The van der Waals surface area contributed by atoms with Crippen LogP contribution in [0.5, 0.6) is 5.75 Å². The van der Waals surface area contributed by atoms with Crippen molar-refractivity contribution in [3.8, 4) is 28.1 Å². The van der Waals surface area contributed by atoms with Crippen LogP contribution in [-0.2, 0) is 7.05 Å². The lowest BCUT2D eigenvalue weighted by atomic mass is 9.98. The molecule has 7 heteroatoms. The SMILES string of the molecule is COc1ccccc1-c1cc2c(nc1-c1ccccc1)nc(C(=O)NC1CCN(C)CC1)n2C. The molecule has 1 fully saturated rings. The van der Waals surface area contributed by atoms with E-state index in [0.717, 1.165) is 59.6 Å². The van der Waals surface area contributed by atoms with Crippen LogP contribution in [0.25, 0.3) is 33.5 Å². The molecule has 4 aromatic rings. The van der Waals surface area contributed by atoms with Crippen molar-refractivity contribution in [2.24, 2.45) is 7.05 Å². The van der Waals surface area contributed by atoms with E-state index in [-0.39, 0.29) is 11.9 Å². The molecule has 0 spiro atoms. The van der Waals surface area contributed by atoms with Crippen LogP contribution < -0.4 is 10.1 Å². The van der Waals surface area contributed by atoms with E-state index in [0.29, 0.717) is 11.5 Å². The smallest absolute Gasteiger partial charge is 0.287 e. The maximum Gasteiger partial charge on any atom is 0.287 e. The average Bonchev–Trinajstić information content (AvgIpc) is 3.20. The van der Waals surface area contributed by atoms with Crippen molar-refractivity contribution < 1.29 is 9.53 Å². The molecule has 0 saturated carbocycles. The number of likely N-dealkylation sites (tertiary alicyclic amines) is 1. The number of carbonyl (C=O) groups is 1. The van der Waals surface area contributed by atoms with Crippen LogP contribution in [0.15, 0.2) is 60.7 Å². The minimum atomic E-state index is -0.157. The van der Waals surface area contributed by atoms with Gasteiger partial charge in [0, 0.05) is 29.8 Å². The summed E-state index contributed by atoms with van der Waals surface area (Å²) >= 11 is 0. The van der Waals surface area contributed by atoms with Crippen LogP contribution in [0.4, 0.5) is 0 Å². The molecule has 34 heavy (non-hydrogen) atoms. The normalized spacial score (nSPS) is 14.9. The second-order valence-corrected chi connectivity index (χ2v) is 8.84. The molecule has 174 valence electrons. The zero-order valence-corrected chi connectivity index (χ0v) is 19.8. The molecule has 0 aliphatic carbocycles. The number of fused-ring (bicyclic) bond motifs is 1. The Kier molecular flexibility index (Phi) is 6.02. The summed E-state index contributed by atoms with van der Waals surface area (Å²) in [4.78, 5) is 25.0. The number of rotatable bonds is 5. The number of piperidine rings is 1. The number of para-hydroxylation sites is 1. The molecule has 3 heterocycles. The van der Waals surface area contributed by atoms with E-state index in [2.05, 4.69) is 28.3 Å². The summed E-state index contributed by atoms with van der Waals surface area (Å²) in [5.74, 6) is 0.982. The summed E-state index contributed by atoms with van der Waals surface area (Å²) in [6, 6.07) is 20.2. The highest BCUT2D eigenvalue weighted by atomic mass is 16.5. The molecule has 0 unspecified atom stereocenters. The molecular formula is C27H29N5O2. The van der Waals surface area contributed by atoms with Gasteiger partial charge in [0.1, 0.15) is 5.75 Å². The lowest BCUT2D eigenvalue weighted by Crippen LogP contribution is -2.43. The van der Waals surface area contributed by atoms with Gasteiger partial charge in [-0.1, -0.05) is 48.5 Å². The molecule has 1 aliphatic heterocycles. The van der Waals surface area contributed by atoms with Crippen LogP contribution in [0.3, 0.4) is 0 Å². The van der Waals surface area contributed by atoms with Gasteiger partial charge < -0.3 is 19.5 Å². The number of imidazole rings is 1. The number of aromatic nitrogens is 3. The Hall–Kier alpha value is -3.71. The second kappa shape index (κ2) is 9.27. The van der Waals surface area contributed by atoms with Gasteiger partial charge in [0.15, 0.2) is 5.65 Å². The van der Waals surface area contributed by atoms with E-state index < -0.39 is 0 Å².